The normalized spacial score (nSPS) is 16.4. The third-order valence-electron chi connectivity index (χ3n) is 6.58. The van der Waals surface area contributed by atoms with E-state index < -0.39 is 0 Å². The van der Waals surface area contributed by atoms with Crippen molar-refractivity contribution in [2.45, 2.75) is 13.0 Å². The lowest BCUT2D eigenvalue weighted by molar-refractivity contribution is 0.491. The Morgan fingerprint density at radius 1 is 1.06 bits per heavy atom. The SMILES string of the molecule is Cn1ncc2cc(-c3ncc4c(ccn4CC4CCNC4)c3-c3cccc(F)c3)ccc21. The molecule has 0 amide bonds. The number of rotatable bonds is 4. The van der Waals surface area contributed by atoms with Crippen LogP contribution in [0.15, 0.2) is 67.1 Å². The van der Waals surface area contributed by atoms with Gasteiger partial charge >= 0.3 is 0 Å². The van der Waals surface area contributed by atoms with Gasteiger partial charge in [0.25, 0.3) is 0 Å². The second kappa shape index (κ2) is 7.57. The Balaban J connectivity index is 1.56. The molecule has 3 aromatic heterocycles. The minimum Gasteiger partial charge on any atom is -0.346 e. The van der Waals surface area contributed by atoms with Crippen LogP contribution in [0.1, 0.15) is 6.42 Å². The second-order valence-electron chi connectivity index (χ2n) is 8.66. The summed E-state index contributed by atoms with van der Waals surface area (Å²) in [5.74, 6) is 0.375. The van der Waals surface area contributed by atoms with Crippen LogP contribution in [-0.2, 0) is 13.6 Å². The van der Waals surface area contributed by atoms with Gasteiger partial charge in [-0.1, -0.05) is 18.2 Å². The van der Waals surface area contributed by atoms with Crippen LogP contribution in [-0.4, -0.2) is 32.4 Å². The predicted octanol–water partition coefficient (Wildman–Crippen LogP) is 5.01. The minimum atomic E-state index is -0.246. The van der Waals surface area contributed by atoms with Gasteiger partial charge in [-0.3, -0.25) is 9.67 Å². The van der Waals surface area contributed by atoms with Crippen LogP contribution in [0, 0.1) is 11.7 Å². The Hall–Kier alpha value is -3.51. The third-order valence-corrected chi connectivity index (χ3v) is 6.58. The maximum absolute atomic E-state index is 14.2. The van der Waals surface area contributed by atoms with Gasteiger partial charge in [-0.25, -0.2) is 4.39 Å². The maximum atomic E-state index is 14.2. The van der Waals surface area contributed by atoms with Crippen molar-refractivity contribution in [2.24, 2.45) is 13.0 Å². The smallest absolute Gasteiger partial charge is 0.123 e. The Morgan fingerprint density at radius 2 is 2.00 bits per heavy atom. The van der Waals surface area contributed by atoms with E-state index in [-0.39, 0.29) is 5.82 Å². The molecule has 1 N–H and O–H groups in total. The van der Waals surface area contributed by atoms with E-state index in [1.54, 1.807) is 12.1 Å². The van der Waals surface area contributed by atoms with E-state index in [9.17, 15) is 4.39 Å². The summed E-state index contributed by atoms with van der Waals surface area (Å²) in [5.41, 5.74) is 5.81. The van der Waals surface area contributed by atoms with Gasteiger partial charge in [0.05, 0.1) is 29.1 Å². The lowest BCUT2D eigenvalue weighted by Gasteiger charge is -2.14. The number of nitrogens with one attached hydrogen (secondary N) is 1. The first kappa shape index (κ1) is 19.2. The first-order valence-electron chi connectivity index (χ1n) is 11.0. The highest BCUT2D eigenvalue weighted by Gasteiger charge is 2.19. The third kappa shape index (κ3) is 3.19. The molecule has 0 saturated carbocycles. The molecule has 6 heteroatoms. The summed E-state index contributed by atoms with van der Waals surface area (Å²) in [4.78, 5) is 4.92. The van der Waals surface area contributed by atoms with Gasteiger partial charge in [0, 0.05) is 41.7 Å². The number of aryl methyl sites for hydroxylation is 1. The van der Waals surface area contributed by atoms with Gasteiger partial charge < -0.3 is 9.88 Å². The highest BCUT2D eigenvalue weighted by atomic mass is 19.1. The Kier molecular flexibility index (Phi) is 4.54. The average molecular weight is 426 g/mol. The van der Waals surface area contributed by atoms with Crippen LogP contribution >= 0.6 is 0 Å². The van der Waals surface area contributed by atoms with E-state index >= 15 is 0 Å². The topological polar surface area (TPSA) is 47.7 Å². The van der Waals surface area contributed by atoms with E-state index in [1.165, 1.54) is 12.5 Å². The van der Waals surface area contributed by atoms with E-state index in [1.807, 2.05) is 30.2 Å². The largest absolute Gasteiger partial charge is 0.346 e. The fourth-order valence-corrected chi connectivity index (χ4v) is 4.93. The summed E-state index contributed by atoms with van der Waals surface area (Å²) in [7, 11) is 1.94. The molecule has 0 aliphatic carbocycles. The Morgan fingerprint density at radius 3 is 2.84 bits per heavy atom. The van der Waals surface area contributed by atoms with Gasteiger partial charge in [0.15, 0.2) is 0 Å². The van der Waals surface area contributed by atoms with Gasteiger partial charge in [-0.2, -0.15) is 5.10 Å². The molecule has 1 atom stereocenters. The van der Waals surface area contributed by atoms with Crippen molar-refractivity contribution in [3.8, 4) is 22.4 Å². The quantitative estimate of drug-likeness (QED) is 0.441. The Bertz CT molecular complexity index is 1440. The van der Waals surface area contributed by atoms with Crippen molar-refractivity contribution in [3.05, 3.63) is 72.9 Å². The number of pyridine rings is 1. The number of benzene rings is 2. The van der Waals surface area contributed by atoms with E-state index in [4.69, 9.17) is 4.98 Å². The predicted molar refractivity (Wildman–Crippen MR) is 126 cm³/mol. The zero-order valence-corrected chi connectivity index (χ0v) is 17.9. The Labute approximate surface area is 185 Å². The van der Waals surface area contributed by atoms with Crippen LogP contribution in [0.4, 0.5) is 4.39 Å². The molecule has 4 heterocycles. The molecule has 1 unspecified atom stereocenters. The molecule has 6 rings (SSSR count). The molecule has 1 aliphatic heterocycles. The van der Waals surface area contributed by atoms with Crippen LogP contribution in [0.25, 0.3) is 44.2 Å². The molecule has 0 bridgehead atoms. The molecule has 5 aromatic rings. The molecule has 0 radical (unpaired) electrons. The van der Waals surface area contributed by atoms with Gasteiger partial charge in [-0.15, -0.1) is 0 Å². The maximum Gasteiger partial charge on any atom is 0.123 e. The minimum absolute atomic E-state index is 0.246. The van der Waals surface area contributed by atoms with Crippen molar-refractivity contribution < 1.29 is 4.39 Å². The molecular formula is C26H24FN5. The zero-order chi connectivity index (χ0) is 21.7. The zero-order valence-electron chi connectivity index (χ0n) is 17.9. The van der Waals surface area contributed by atoms with Crippen molar-refractivity contribution in [3.63, 3.8) is 0 Å². The molecule has 2 aromatic carbocycles. The summed E-state index contributed by atoms with van der Waals surface area (Å²) in [6.45, 7) is 3.09. The summed E-state index contributed by atoms with van der Waals surface area (Å²) in [5, 5.41) is 9.96. The van der Waals surface area contributed by atoms with E-state index in [0.29, 0.717) is 5.92 Å². The molecule has 0 spiro atoms. The summed E-state index contributed by atoms with van der Waals surface area (Å²) < 4.78 is 18.4. The van der Waals surface area contributed by atoms with Crippen molar-refractivity contribution >= 4 is 21.8 Å². The molecular weight excluding hydrogens is 401 g/mol. The number of aromatic nitrogens is 4. The second-order valence-corrected chi connectivity index (χ2v) is 8.66. The molecule has 5 nitrogen and oxygen atoms in total. The fraction of sp³-hybridized carbons (Fsp3) is 0.231. The lowest BCUT2D eigenvalue weighted by Crippen LogP contribution is -2.14. The lowest BCUT2D eigenvalue weighted by atomic mass is 9.95. The van der Waals surface area contributed by atoms with Crippen molar-refractivity contribution in [1.82, 2.24) is 24.6 Å². The van der Waals surface area contributed by atoms with Crippen molar-refractivity contribution in [2.75, 3.05) is 13.1 Å². The summed E-state index contributed by atoms with van der Waals surface area (Å²) in [6, 6.07) is 15.2. The van der Waals surface area contributed by atoms with Gasteiger partial charge in [0.2, 0.25) is 0 Å². The first-order chi connectivity index (χ1) is 15.7. The highest BCUT2D eigenvalue weighted by Crippen LogP contribution is 2.38. The highest BCUT2D eigenvalue weighted by molar-refractivity contribution is 6.02. The van der Waals surface area contributed by atoms with E-state index in [2.05, 4.69) is 45.4 Å². The fourth-order valence-electron chi connectivity index (χ4n) is 4.93. The summed E-state index contributed by atoms with van der Waals surface area (Å²) in [6.07, 6.45) is 7.16. The van der Waals surface area contributed by atoms with Crippen LogP contribution in [0.5, 0.6) is 0 Å². The number of fused-ring (bicyclic) bond motifs is 2. The molecule has 32 heavy (non-hydrogen) atoms. The van der Waals surface area contributed by atoms with E-state index in [0.717, 1.165) is 63.8 Å². The van der Waals surface area contributed by atoms with Gasteiger partial charge in [-0.05, 0) is 61.3 Å². The summed E-state index contributed by atoms with van der Waals surface area (Å²) >= 11 is 0. The number of hydrogen-bond acceptors (Lipinski definition) is 3. The van der Waals surface area contributed by atoms with Crippen LogP contribution < -0.4 is 5.32 Å². The van der Waals surface area contributed by atoms with Crippen LogP contribution in [0.3, 0.4) is 0 Å². The van der Waals surface area contributed by atoms with Crippen molar-refractivity contribution in [1.29, 1.82) is 0 Å². The molecule has 160 valence electrons. The monoisotopic (exact) mass is 425 g/mol. The molecule has 1 aliphatic rings. The number of hydrogen-bond donors (Lipinski definition) is 1. The number of halogens is 1. The molecule has 1 saturated heterocycles. The van der Waals surface area contributed by atoms with Gasteiger partial charge in [0.1, 0.15) is 5.82 Å². The molecule has 1 fully saturated rings. The van der Waals surface area contributed by atoms with Crippen LogP contribution in [0.2, 0.25) is 0 Å². The standard InChI is InChI=1S/C26H24FN5/c1-31-23-6-5-19(11-20(23)14-30-31)26-25(18-3-2-4-21(27)12-18)22-8-10-32(24(22)15-29-26)16-17-7-9-28-13-17/h2-6,8,10-12,14-15,17,28H,7,9,13,16H2,1H3. The number of nitrogens with zero attached hydrogens (tertiary/aromatic N) is 4. The first-order valence-corrected chi connectivity index (χ1v) is 11.0. The average Bonchev–Trinajstić information content (AvgIpc) is 3.55.